The quantitative estimate of drug-likeness (QED) is 0.180. The number of carboxylic acid groups (broad SMARTS) is 2. The van der Waals surface area contributed by atoms with Crippen LogP contribution in [0.2, 0.25) is 0 Å². The van der Waals surface area contributed by atoms with E-state index in [4.69, 9.17) is 15.9 Å². The van der Waals surface area contributed by atoms with Gasteiger partial charge in [-0.1, -0.05) is 13.8 Å². The number of nitrogens with two attached hydrogens (primary N) is 1. The van der Waals surface area contributed by atoms with Gasteiger partial charge in [-0.2, -0.15) is 12.6 Å². The molecular formula is C15H26N4O7S. The Kier molecular flexibility index (Phi) is 11.1. The van der Waals surface area contributed by atoms with Gasteiger partial charge in [-0.05, 0) is 12.3 Å². The SMILES string of the molecule is CC(C)CC(NC(=O)C(N)CC(=O)O)C(=O)NCC(=O)NC(CS)C(=O)O. The fourth-order valence-electron chi connectivity index (χ4n) is 1.98. The second kappa shape index (κ2) is 12.1. The molecule has 0 fully saturated rings. The Morgan fingerprint density at radius 2 is 1.59 bits per heavy atom. The molecular weight excluding hydrogens is 380 g/mol. The summed E-state index contributed by atoms with van der Waals surface area (Å²) < 4.78 is 0. The van der Waals surface area contributed by atoms with Crippen molar-refractivity contribution in [2.45, 2.75) is 44.8 Å². The molecule has 0 bridgehead atoms. The van der Waals surface area contributed by atoms with Gasteiger partial charge in [-0.15, -0.1) is 0 Å². The normalized spacial score (nSPS) is 14.0. The van der Waals surface area contributed by atoms with Gasteiger partial charge in [-0.25, -0.2) is 4.79 Å². The van der Waals surface area contributed by atoms with Crippen LogP contribution >= 0.6 is 12.6 Å². The average Bonchev–Trinajstić information content (AvgIpc) is 2.55. The predicted molar refractivity (Wildman–Crippen MR) is 98.0 cm³/mol. The van der Waals surface area contributed by atoms with E-state index < -0.39 is 60.8 Å². The lowest BCUT2D eigenvalue weighted by molar-refractivity contribution is -0.141. The zero-order valence-corrected chi connectivity index (χ0v) is 16.0. The molecule has 154 valence electrons. The van der Waals surface area contributed by atoms with Crippen molar-refractivity contribution in [2.24, 2.45) is 11.7 Å². The van der Waals surface area contributed by atoms with E-state index in [0.29, 0.717) is 0 Å². The zero-order valence-electron chi connectivity index (χ0n) is 15.1. The highest BCUT2D eigenvalue weighted by molar-refractivity contribution is 7.80. The van der Waals surface area contributed by atoms with Gasteiger partial charge in [0.2, 0.25) is 17.7 Å². The number of aliphatic carboxylic acids is 2. The van der Waals surface area contributed by atoms with Crippen LogP contribution in [0.5, 0.6) is 0 Å². The third kappa shape index (κ3) is 10.4. The van der Waals surface area contributed by atoms with Gasteiger partial charge in [0.15, 0.2) is 0 Å². The van der Waals surface area contributed by atoms with Crippen molar-refractivity contribution in [1.82, 2.24) is 16.0 Å². The third-order valence-electron chi connectivity index (χ3n) is 3.31. The molecule has 7 N–H and O–H groups in total. The first-order chi connectivity index (χ1) is 12.5. The zero-order chi connectivity index (χ0) is 21.1. The smallest absolute Gasteiger partial charge is 0.327 e. The summed E-state index contributed by atoms with van der Waals surface area (Å²) in [6, 6.07) is -3.54. The molecule has 0 saturated carbocycles. The number of carbonyl (C=O) groups excluding carboxylic acids is 3. The minimum absolute atomic E-state index is 0.00569. The molecule has 0 heterocycles. The van der Waals surface area contributed by atoms with E-state index in [2.05, 4.69) is 28.6 Å². The molecule has 0 aromatic carbocycles. The van der Waals surface area contributed by atoms with E-state index >= 15 is 0 Å². The highest BCUT2D eigenvalue weighted by Crippen LogP contribution is 2.05. The first-order valence-electron chi connectivity index (χ1n) is 8.16. The third-order valence-corrected chi connectivity index (χ3v) is 3.68. The highest BCUT2D eigenvalue weighted by Gasteiger charge is 2.26. The molecule has 27 heavy (non-hydrogen) atoms. The van der Waals surface area contributed by atoms with E-state index in [-0.39, 0.29) is 18.1 Å². The maximum Gasteiger partial charge on any atom is 0.327 e. The standard InChI is InChI=1S/C15H26N4O7S/c1-7(2)3-9(19-13(23)8(16)4-12(21)22)14(24)17-5-11(20)18-10(6-27)15(25)26/h7-10,27H,3-6,16H2,1-2H3,(H,17,24)(H,18,20)(H,19,23)(H,21,22)(H,25,26). The highest BCUT2D eigenvalue weighted by atomic mass is 32.1. The first-order valence-corrected chi connectivity index (χ1v) is 8.79. The molecule has 0 saturated heterocycles. The molecule has 0 aromatic heterocycles. The molecule has 0 aromatic rings. The summed E-state index contributed by atoms with van der Waals surface area (Å²) in [5.41, 5.74) is 5.47. The van der Waals surface area contributed by atoms with E-state index in [1.54, 1.807) is 13.8 Å². The van der Waals surface area contributed by atoms with E-state index in [1.807, 2.05) is 0 Å². The van der Waals surface area contributed by atoms with E-state index in [9.17, 15) is 24.0 Å². The summed E-state index contributed by atoms with van der Waals surface area (Å²) >= 11 is 3.80. The fraction of sp³-hybridized carbons (Fsp3) is 0.667. The Hall–Kier alpha value is -2.34. The van der Waals surface area contributed by atoms with Crippen molar-refractivity contribution in [3.8, 4) is 0 Å². The number of carboxylic acids is 2. The van der Waals surface area contributed by atoms with E-state index in [1.165, 1.54) is 0 Å². The van der Waals surface area contributed by atoms with Crippen LogP contribution in [-0.2, 0) is 24.0 Å². The monoisotopic (exact) mass is 406 g/mol. The molecule has 0 aliphatic carbocycles. The van der Waals surface area contributed by atoms with Crippen LogP contribution in [0.25, 0.3) is 0 Å². The number of hydrogen-bond donors (Lipinski definition) is 7. The van der Waals surface area contributed by atoms with Crippen molar-refractivity contribution in [3.63, 3.8) is 0 Å². The maximum absolute atomic E-state index is 12.3. The number of thiol groups is 1. The Morgan fingerprint density at radius 3 is 2.04 bits per heavy atom. The number of carbonyl (C=O) groups is 5. The molecule has 0 spiro atoms. The topological polar surface area (TPSA) is 188 Å². The Labute approximate surface area is 161 Å². The molecule has 0 aliphatic heterocycles. The Morgan fingerprint density at radius 1 is 1.00 bits per heavy atom. The minimum Gasteiger partial charge on any atom is -0.481 e. The Bertz CT molecular complexity index is 570. The maximum atomic E-state index is 12.3. The van der Waals surface area contributed by atoms with Crippen LogP contribution in [0.1, 0.15) is 26.7 Å². The van der Waals surface area contributed by atoms with Gasteiger partial charge in [0.1, 0.15) is 12.1 Å². The number of amides is 3. The second-order valence-corrected chi connectivity index (χ2v) is 6.62. The molecule has 3 atom stereocenters. The van der Waals surface area contributed by atoms with Crippen molar-refractivity contribution >= 4 is 42.3 Å². The molecule has 3 amide bonds. The Balaban J connectivity index is 4.78. The predicted octanol–water partition coefficient (Wildman–Crippen LogP) is -2.07. The molecule has 3 unspecified atom stereocenters. The summed E-state index contributed by atoms with van der Waals surface area (Å²) in [5, 5.41) is 24.4. The van der Waals surface area contributed by atoms with Gasteiger partial charge < -0.3 is 31.9 Å². The second-order valence-electron chi connectivity index (χ2n) is 6.25. The minimum atomic E-state index is -1.32. The van der Waals surface area contributed by atoms with Crippen LogP contribution in [0.15, 0.2) is 0 Å². The van der Waals surface area contributed by atoms with Crippen LogP contribution in [0, 0.1) is 5.92 Å². The summed E-state index contributed by atoms with van der Waals surface area (Å²) in [7, 11) is 0. The summed E-state index contributed by atoms with van der Waals surface area (Å²) in [6.07, 6.45) is -0.363. The van der Waals surface area contributed by atoms with Crippen molar-refractivity contribution in [3.05, 3.63) is 0 Å². The summed E-state index contributed by atoms with van der Waals surface area (Å²) in [4.78, 5) is 57.4. The number of hydrogen-bond acceptors (Lipinski definition) is 7. The van der Waals surface area contributed by atoms with Crippen LogP contribution < -0.4 is 21.7 Å². The van der Waals surface area contributed by atoms with Gasteiger partial charge >= 0.3 is 11.9 Å². The fourth-order valence-corrected chi connectivity index (χ4v) is 2.23. The van der Waals surface area contributed by atoms with Crippen molar-refractivity contribution < 1.29 is 34.2 Å². The van der Waals surface area contributed by atoms with Crippen molar-refractivity contribution in [1.29, 1.82) is 0 Å². The van der Waals surface area contributed by atoms with Crippen LogP contribution in [-0.4, -0.2) is 70.3 Å². The largest absolute Gasteiger partial charge is 0.481 e. The van der Waals surface area contributed by atoms with Gasteiger partial charge in [0.05, 0.1) is 19.0 Å². The lowest BCUT2D eigenvalue weighted by Crippen LogP contribution is -2.54. The van der Waals surface area contributed by atoms with Gasteiger partial charge in [0.25, 0.3) is 0 Å². The lowest BCUT2D eigenvalue weighted by Gasteiger charge is -2.22. The van der Waals surface area contributed by atoms with Crippen molar-refractivity contribution in [2.75, 3.05) is 12.3 Å². The van der Waals surface area contributed by atoms with Crippen LogP contribution in [0.4, 0.5) is 0 Å². The molecule has 0 aliphatic rings. The van der Waals surface area contributed by atoms with E-state index in [0.717, 1.165) is 0 Å². The molecule has 0 radical (unpaired) electrons. The number of rotatable bonds is 12. The molecule has 0 rings (SSSR count). The van der Waals surface area contributed by atoms with Gasteiger partial charge in [-0.3, -0.25) is 19.2 Å². The summed E-state index contributed by atoms with van der Waals surface area (Å²) in [5.74, 6) is -4.84. The average molecular weight is 406 g/mol. The molecule has 12 heteroatoms. The first kappa shape index (κ1) is 24.7. The van der Waals surface area contributed by atoms with Gasteiger partial charge in [0, 0.05) is 5.75 Å². The van der Waals surface area contributed by atoms with Crippen LogP contribution in [0.3, 0.4) is 0 Å². The lowest BCUT2D eigenvalue weighted by atomic mass is 10.0. The summed E-state index contributed by atoms with van der Waals surface area (Å²) in [6.45, 7) is 3.11. The molecule has 11 nitrogen and oxygen atoms in total. The number of nitrogens with one attached hydrogen (secondary N) is 3.